The van der Waals surface area contributed by atoms with E-state index in [1.54, 1.807) is 6.20 Å². The number of morpholine rings is 1. The molecule has 1 aromatic heterocycles. The SMILES string of the molecule is C[C@H]1CN(CCOC2CCN(C(=O)CCCn3cccn3)CC2)C[C@H](C)O1. The zero-order chi connectivity index (χ0) is 19.1. The summed E-state index contributed by atoms with van der Waals surface area (Å²) in [6, 6.07) is 1.91. The summed E-state index contributed by atoms with van der Waals surface area (Å²) >= 11 is 0. The molecule has 152 valence electrons. The van der Waals surface area contributed by atoms with Crippen molar-refractivity contribution in [3.05, 3.63) is 18.5 Å². The number of rotatable bonds is 8. The standard InChI is InChI=1S/C20H34N4O3/c1-17-15-22(16-18(2)27-17)13-14-26-19-6-11-23(12-7-19)20(25)5-3-9-24-10-4-8-21-24/h4,8,10,17-19H,3,5-7,9,11-16H2,1-2H3/t17-,18-/m0/s1. The summed E-state index contributed by atoms with van der Waals surface area (Å²) in [6.45, 7) is 10.4. The van der Waals surface area contributed by atoms with E-state index in [1.165, 1.54) is 0 Å². The van der Waals surface area contributed by atoms with Gasteiger partial charge in [-0.15, -0.1) is 0 Å². The Kier molecular flexibility index (Phi) is 7.67. The topological polar surface area (TPSA) is 59.8 Å². The molecule has 2 aliphatic rings. The molecule has 0 saturated carbocycles. The Morgan fingerprint density at radius 1 is 1.19 bits per heavy atom. The van der Waals surface area contributed by atoms with E-state index < -0.39 is 0 Å². The van der Waals surface area contributed by atoms with Crippen LogP contribution in [0.15, 0.2) is 18.5 Å². The second-order valence-electron chi connectivity index (χ2n) is 7.84. The lowest BCUT2D eigenvalue weighted by atomic mass is 10.1. The monoisotopic (exact) mass is 378 g/mol. The van der Waals surface area contributed by atoms with Gasteiger partial charge in [0.2, 0.25) is 5.91 Å². The van der Waals surface area contributed by atoms with Gasteiger partial charge in [-0.05, 0) is 39.2 Å². The molecule has 0 aliphatic carbocycles. The van der Waals surface area contributed by atoms with Crippen LogP contribution in [-0.2, 0) is 20.8 Å². The fourth-order valence-corrected chi connectivity index (χ4v) is 4.07. The lowest BCUT2D eigenvalue weighted by Crippen LogP contribution is -2.47. The van der Waals surface area contributed by atoms with Crippen molar-refractivity contribution in [3.63, 3.8) is 0 Å². The number of likely N-dealkylation sites (tertiary alicyclic amines) is 1. The van der Waals surface area contributed by atoms with Crippen molar-refractivity contribution >= 4 is 5.91 Å². The van der Waals surface area contributed by atoms with Crippen LogP contribution in [0.25, 0.3) is 0 Å². The van der Waals surface area contributed by atoms with Crippen molar-refractivity contribution < 1.29 is 14.3 Å². The van der Waals surface area contributed by atoms with Crippen LogP contribution >= 0.6 is 0 Å². The van der Waals surface area contributed by atoms with Gasteiger partial charge in [-0.25, -0.2) is 0 Å². The molecule has 0 bridgehead atoms. The number of hydrogen-bond acceptors (Lipinski definition) is 5. The summed E-state index contributed by atoms with van der Waals surface area (Å²) in [5.74, 6) is 0.261. The highest BCUT2D eigenvalue weighted by Crippen LogP contribution is 2.16. The number of carbonyl (C=O) groups is 1. The van der Waals surface area contributed by atoms with Gasteiger partial charge in [-0.1, -0.05) is 0 Å². The number of piperidine rings is 1. The normalized spacial score (nSPS) is 25.0. The number of amides is 1. The van der Waals surface area contributed by atoms with Gasteiger partial charge in [0.25, 0.3) is 0 Å². The van der Waals surface area contributed by atoms with Gasteiger partial charge >= 0.3 is 0 Å². The Hall–Kier alpha value is -1.44. The molecule has 7 nitrogen and oxygen atoms in total. The highest BCUT2D eigenvalue weighted by molar-refractivity contribution is 5.76. The minimum absolute atomic E-state index is 0.261. The van der Waals surface area contributed by atoms with Crippen LogP contribution in [0.4, 0.5) is 0 Å². The summed E-state index contributed by atoms with van der Waals surface area (Å²) in [6.07, 6.45) is 7.92. The largest absolute Gasteiger partial charge is 0.377 e. The van der Waals surface area contributed by atoms with Crippen molar-refractivity contribution in [2.24, 2.45) is 0 Å². The molecule has 3 rings (SSSR count). The Balaban J connectivity index is 1.26. The number of nitrogens with zero attached hydrogens (tertiary/aromatic N) is 4. The third kappa shape index (κ3) is 6.59. The number of aryl methyl sites for hydroxylation is 1. The lowest BCUT2D eigenvalue weighted by molar-refractivity contribution is -0.134. The van der Waals surface area contributed by atoms with Gasteiger partial charge in [0, 0.05) is 58.1 Å². The fraction of sp³-hybridized carbons (Fsp3) is 0.800. The summed E-state index contributed by atoms with van der Waals surface area (Å²) < 4.78 is 13.7. The van der Waals surface area contributed by atoms with Gasteiger partial charge in [-0.3, -0.25) is 14.4 Å². The molecule has 7 heteroatoms. The van der Waals surface area contributed by atoms with Gasteiger partial charge < -0.3 is 14.4 Å². The summed E-state index contributed by atoms with van der Waals surface area (Å²) in [7, 11) is 0. The smallest absolute Gasteiger partial charge is 0.222 e. The van der Waals surface area contributed by atoms with Gasteiger partial charge in [0.1, 0.15) is 0 Å². The molecule has 0 radical (unpaired) electrons. The second-order valence-corrected chi connectivity index (χ2v) is 7.84. The summed E-state index contributed by atoms with van der Waals surface area (Å²) in [4.78, 5) is 16.8. The Morgan fingerprint density at radius 2 is 1.93 bits per heavy atom. The highest BCUT2D eigenvalue weighted by atomic mass is 16.5. The summed E-state index contributed by atoms with van der Waals surface area (Å²) in [5, 5.41) is 4.17. The zero-order valence-electron chi connectivity index (χ0n) is 16.8. The lowest BCUT2D eigenvalue weighted by Gasteiger charge is -2.36. The molecule has 0 N–H and O–H groups in total. The van der Waals surface area contributed by atoms with Crippen molar-refractivity contribution in [1.82, 2.24) is 19.6 Å². The first kappa shape index (κ1) is 20.3. The molecule has 3 heterocycles. The molecule has 0 unspecified atom stereocenters. The average Bonchev–Trinajstić information content (AvgIpc) is 3.15. The van der Waals surface area contributed by atoms with E-state index >= 15 is 0 Å². The highest BCUT2D eigenvalue weighted by Gasteiger charge is 2.24. The first-order valence-electron chi connectivity index (χ1n) is 10.3. The predicted molar refractivity (Wildman–Crippen MR) is 103 cm³/mol. The van der Waals surface area contributed by atoms with Gasteiger partial charge in [0.05, 0.1) is 24.9 Å². The number of carbonyl (C=O) groups excluding carboxylic acids is 1. The van der Waals surface area contributed by atoms with Crippen molar-refractivity contribution in [1.29, 1.82) is 0 Å². The predicted octanol–water partition coefficient (Wildman–Crippen LogP) is 1.78. The Labute approximate surface area is 162 Å². The first-order valence-corrected chi connectivity index (χ1v) is 10.3. The van der Waals surface area contributed by atoms with Gasteiger partial charge in [-0.2, -0.15) is 5.10 Å². The first-order chi connectivity index (χ1) is 13.1. The maximum absolute atomic E-state index is 12.4. The molecule has 2 atom stereocenters. The molecular weight excluding hydrogens is 344 g/mol. The Morgan fingerprint density at radius 3 is 2.59 bits per heavy atom. The van der Waals surface area contributed by atoms with Gasteiger partial charge in [0.15, 0.2) is 0 Å². The second kappa shape index (κ2) is 10.2. The minimum atomic E-state index is 0.261. The quantitative estimate of drug-likeness (QED) is 0.690. The number of hydrogen-bond donors (Lipinski definition) is 0. The molecular formula is C20H34N4O3. The van der Waals surface area contributed by atoms with Crippen LogP contribution in [0.5, 0.6) is 0 Å². The zero-order valence-corrected chi connectivity index (χ0v) is 16.8. The number of ether oxygens (including phenoxy) is 2. The van der Waals surface area contributed by atoms with E-state index in [-0.39, 0.29) is 12.0 Å². The minimum Gasteiger partial charge on any atom is -0.377 e. The molecule has 2 saturated heterocycles. The molecule has 0 aromatic carbocycles. The molecule has 27 heavy (non-hydrogen) atoms. The van der Waals surface area contributed by atoms with Crippen molar-refractivity contribution in [2.45, 2.75) is 64.4 Å². The van der Waals surface area contributed by atoms with Crippen LogP contribution in [-0.4, -0.2) is 83.1 Å². The van der Waals surface area contributed by atoms with Crippen molar-refractivity contribution in [2.75, 3.05) is 39.3 Å². The van der Waals surface area contributed by atoms with E-state index in [0.29, 0.717) is 18.6 Å². The Bertz CT molecular complexity index is 548. The van der Waals surface area contributed by atoms with E-state index in [9.17, 15) is 4.79 Å². The molecule has 2 aliphatic heterocycles. The van der Waals surface area contributed by atoms with E-state index in [2.05, 4.69) is 23.8 Å². The van der Waals surface area contributed by atoms with E-state index in [0.717, 1.165) is 65.1 Å². The fourth-order valence-electron chi connectivity index (χ4n) is 4.07. The average molecular weight is 379 g/mol. The van der Waals surface area contributed by atoms with E-state index in [1.807, 2.05) is 21.8 Å². The number of aromatic nitrogens is 2. The van der Waals surface area contributed by atoms with Crippen LogP contribution in [0.1, 0.15) is 39.5 Å². The molecule has 0 spiro atoms. The third-order valence-corrected chi connectivity index (χ3v) is 5.39. The maximum Gasteiger partial charge on any atom is 0.222 e. The molecule has 2 fully saturated rings. The third-order valence-electron chi connectivity index (χ3n) is 5.39. The van der Waals surface area contributed by atoms with Crippen LogP contribution < -0.4 is 0 Å². The molecule has 1 amide bonds. The van der Waals surface area contributed by atoms with E-state index in [4.69, 9.17) is 9.47 Å². The molecule has 1 aromatic rings. The maximum atomic E-state index is 12.4. The summed E-state index contributed by atoms with van der Waals surface area (Å²) in [5.41, 5.74) is 0. The van der Waals surface area contributed by atoms with Crippen LogP contribution in [0.3, 0.4) is 0 Å². The van der Waals surface area contributed by atoms with Crippen LogP contribution in [0.2, 0.25) is 0 Å². The van der Waals surface area contributed by atoms with Crippen molar-refractivity contribution in [3.8, 4) is 0 Å². The van der Waals surface area contributed by atoms with Crippen LogP contribution in [0, 0.1) is 0 Å².